The first-order valence-electron chi connectivity index (χ1n) is 7.61. The van der Waals surface area contributed by atoms with Crippen LogP contribution in [0.1, 0.15) is 26.2 Å². The molecule has 0 aromatic rings. The highest BCUT2D eigenvalue weighted by Gasteiger charge is 2.95. The van der Waals surface area contributed by atoms with E-state index in [1.54, 1.807) is 0 Å². The summed E-state index contributed by atoms with van der Waals surface area (Å²) >= 11 is 0. The van der Waals surface area contributed by atoms with Gasteiger partial charge in [-0.3, -0.25) is 0 Å². The zero-order valence-corrected chi connectivity index (χ0v) is 15.8. The van der Waals surface area contributed by atoms with Gasteiger partial charge >= 0.3 is 41.7 Å². The summed E-state index contributed by atoms with van der Waals surface area (Å²) in [5.74, 6) is -50.0. The zero-order chi connectivity index (χ0) is 26.6. The summed E-state index contributed by atoms with van der Waals surface area (Å²) in [5, 5.41) is -2.13. The quantitative estimate of drug-likeness (QED) is 0.374. The molecule has 0 saturated carbocycles. The SMILES string of the molecule is CCCCC(F)(C(F)(F)C(F)(F)C(F)(F)C(F)(F)C(F)(F)C(F)(F)C(F)(F)F)S(N)(=O)=O. The summed E-state index contributed by atoms with van der Waals surface area (Å²) in [6, 6.07) is 0. The van der Waals surface area contributed by atoms with Crippen LogP contribution in [-0.4, -0.2) is 55.1 Å². The molecule has 0 radical (unpaired) electrons. The fourth-order valence-electron chi connectivity index (χ4n) is 2.08. The van der Waals surface area contributed by atoms with Crippen LogP contribution in [0.4, 0.5) is 70.2 Å². The molecule has 0 aromatic carbocycles. The molecule has 0 fully saturated rings. The number of hydrogen-bond acceptors (Lipinski definition) is 2. The lowest BCUT2D eigenvalue weighted by atomic mass is 9.88. The molecule has 20 heteroatoms. The highest BCUT2D eigenvalue weighted by Crippen LogP contribution is 2.64. The highest BCUT2D eigenvalue weighted by molar-refractivity contribution is 7.90. The maximum Gasteiger partial charge on any atom is 0.460 e. The van der Waals surface area contributed by atoms with Crippen LogP contribution in [-0.2, 0) is 10.0 Å². The number of alkyl halides is 16. The first-order chi connectivity index (χ1) is 13.6. The van der Waals surface area contributed by atoms with Crippen LogP contribution < -0.4 is 5.14 Å². The van der Waals surface area contributed by atoms with E-state index in [-0.39, 0.29) is 0 Å². The van der Waals surface area contributed by atoms with E-state index in [4.69, 9.17) is 0 Å². The lowest BCUT2D eigenvalue weighted by Crippen LogP contribution is -2.75. The van der Waals surface area contributed by atoms with Gasteiger partial charge in [0, 0.05) is 6.42 Å². The number of sulfonamides is 1. The molecule has 1 atom stereocenters. The summed E-state index contributed by atoms with van der Waals surface area (Å²) in [4.78, 5) is 0. The molecule has 0 saturated heterocycles. The highest BCUT2D eigenvalue weighted by atomic mass is 32.2. The monoisotopic (exact) mass is 537 g/mol. The lowest BCUT2D eigenvalue weighted by Gasteiger charge is -2.44. The molecule has 0 bridgehead atoms. The number of nitrogens with two attached hydrogens (primary N) is 1. The van der Waals surface area contributed by atoms with Crippen LogP contribution in [0.3, 0.4) is 0 Å². The van der Waals surface area contributed by atoms with Crippen molar-refractivity contribution < 1.29 is 78.7 Å². The second-order valence-electron chi connectivity index (χ2n) is 6.32. The van der Waals surface area contributed by atoms with Crippen molar-refractivity contribution in [1.29, 1.82) is 0 Å². The van der Waals surface area contributed by atoms with Gasteiger partial charge in [0.2, 0.25) is 0 Å². The van der Waals surface area contributed by atoms with E-state index in [9.17, 15) is 78.7 Å². The molecule has 3 nitrogen and oxygen atoms in total. The summed E-state index contributed by atoms with van der Waals surface area (Å²) < 4.78 is 233. The van der Waals surface area contributed by atoms with Gasteiger partial charge < -0.3 is 0 Å². The summed E-state index contributed by atoms with van der Waals surface area (Å²) in [6.07, 6.45) is -11.9. The fraction of sp³-hybridized carbons (Fsp3) is 1.00. The third-order valence-corrected chi connectivity index (χ3v) is 5.46. The molecule has 2 N–H and O–H groups in total. The summed E-state index contributed by atoms with van der Waals surface area (Å²) in [6.45, 7) is 0.947. The molecule has 0 heterocycles. The molecule has 0 aromatic heterocycles. The minimum atomic E-state index is -8.66. The third-order valence-electron chi connectivity index (χ3n) is 4.10. The smallest absolute Gasteiger partial charge is 0.226 e. The Hall–Kier alpha value is -1.21. The van der Waals surface area contributed by atoms with Gasteiger partial charge in [0.05, 0.1) is 0 Å². The van der Waals surface area contributed by atoms with Crippen molar-refractivity contribution in [3.05, 3.63) is 0 Å². The van der Waals surface area contributed by atoms with Crippen molar-refractivity contribution in [3.8, 4) is 0 Å². The third kappa shape index (κ3) is 3.87. The molecular formula is C12H11F16NO2S. The molecule has 0 rings (SSSR count). The van der Waals surface area contributed by atoms with Gasteiger partial charge in [-0.05, 0) is 6.42 Å². The predicted molar refractivity (Wildman–Crippen MR) is 72.2 cm³/mol. The second kappa shape index (κ2) is 7.93. The largest absolute Gasteiger partial charge is 0.460 e. The van der Waals surface area contributed by atoms with E-state index < -0.39 is 76.0 Å². The van der Waals surface area contributed by atoms with Gasteiger partial charge in [-0.1, -0.05) is 13.3 Å². The Kier molecular flexibility index (Phi) is 7.63. The zero-order valence-electron chi connectivity index (χ0n) is 15.0. The Morgan fingerprint density at radius 2 is 0.844 bits per heavy atom. The van der Waals surface area contributed by atoms with Crippen LogP contribution in [0.25, 0.3) is 0 Å². The van der Waals surface area contributed by atoms with Crippen LogP contribution in [0.2, 0.25) is 0 Å². The fourth-order valence-corrected chi connectivity index (χ4v) is 3.00. The number of primary sulfonamides is 1. The standard InChI is InChI=1S/C12H11F16NO2S/c1-2-3-4-5(13,32(29,30)31)6(14,15)7(16,17)8(18,19)9(20,21)10(22,23)11(24,25)12(26,27)28/h2-4H2,1H3,(H2,29,30,31). The average molecular weight is 537 g/mol. The molecule has 0 aliphatic rings. The van der Waals surface area contributed by atoms with Crippen LogP contribution >= 0.6 is 0 Å². The van der Waals surface area contributed by atoms with E-state index in [0.717, 1.165) is 6.92 Å². The van der Waals surface area contributed by atoms with Gasteiger partial charge in [-0.2, -0.15) is 65.9 Å². The Morgan fingerprint density at radius 1 is 0.562 bits per heavy atom. The number of rotatable bonds is 10. The van der Waals surface area contributed by atoms with Crippen LogP contribution in [0, 0.1) is 0 Å². The molecule has 0 aliphatic heterocycles. The molecule has 0 aliphatic carbocycles. The number of hydrogen-bond donors (Lipinski definition) is 1. The number of unbranched alkanes of at least 4 members (excludes halogenated alkanes) is 1. The topological polar surface area (TPSA) is 60.2 Å². The Balaban J connectivity index is 7.03. The summed E-state index contributed by atoms with van der Waals surface area (Å²) in [5.41, 5.74) is 0. The molecule has 1 unspecified atom stereocenters. The molecule has 0 amide bonds. The summed E-state index contributed by atoms with van der Waals surface area (Å²) in [7, 11) is -6.76. The first kappa shape index (κ1) is 30.8. The van der Waals surface area contributed by atoms with Crippen molar-refractivity contribution in [2.45, 2.75) is 72.9 Å². The van der Waals surface area contributed by atoms with Crippen molar-refractivity contribution in [2.75, 3.05) is 0 Å². The minimum absolute atomic E-state index is 0.550. The molecule has 32 heavy (non-hydrogen) atoms. The Labute approximate surface area is 168 Å². The van der Waals surface area contributed by atoms with Gasteiger partial charge in [-0.25, -0.2) is 17.9 Å². The van der Waals surface area contributed by atoms with Gasteiger partial charge in [0.25, 0.3) is 15.0 Å². The Bertz CT molecular complexity index is 789. The van der Waals surface area contributed by atoms with Crippen molar-refractivity contribution in [2.24, 2.45) is 5.14 Å². The molecule has 194 valence electrons. The van der Waals surface area contributed by atoms with E-state index in [0.29, 0.717) is 0 Å². The molecular weight excluding hydrogens is 526 g/mol. The minimum Gasteiger partial charge on any atom is -0.226 e. The van der Waals surface area contributed by atoms with E-state index >= 15 is 0 Å². The van der Waals surface area contributed by atoms with E-state index in [2.05, 4.69) is 5.14 Å². The van der Waals surface area contributed by atoms with Crippen molar-refractivity contribution in [1.82, 2.24) is 0 Å². The predicted octanol–water partition coefficient (Wildman–Crippen LogP) is 5.51. The number of halogens is 16. The van der Waals surface area contributed by atoms with Crippen LogP contribution in [0.5, 0.6) is 0 Å². The van der Waals surface area contributed by atoms with Crippen molar-refractivity contribution >= 4 is 10.0 Å². The normalized spacial score (nSPS) is 17.9. The maximum atomic E-state index is 14.4. The van der Waals surface area contributed by atoms with Gasteiger partial charge in [0.15, 0.2) is 0 Å². The lowest BCUT2D eigenvalue weighted by molar-refractivity contribution is -0.455. The van der Waals surface area contributed by atoms with E-state index in [1.165, 1.54) is 0 Å². The van der Waals surface area contributed by atoms with Gasteiger partial charge in [0.1, 0.15) is 0 Å². The molecule has 0 spiro atoms. The van der Waals surface area contributed by atoms with E-state index in [1.807, 2.05) is 0 Å². The van der Waals surface area contributed by atoms with Gasteiger partial charge in [-0.15, -0.1) is 0 Å². The Morgan fingerprint density at radius 3 is 1.09 bits per heavy atom. The first-order valence-corrected chi connectivity index (χ1v) is 9.15. The van der Waals surface area contributed by atoms with Crippen molar-refractivity contribution in [3.63, 3.8) is 0 Å². The van der Waals surface area contributed by atoms with Crippen LogP contribution in [0.15, 0.2) is 0 Å². The average Bonchev–Trinajstić information content (AvgIpc) is 2.56. The maximum absolute atomic E-state index is 14.4. The second-order valence-corrected chi connectivity index (χ2v) is 8.06.